The van der Waals surface area contributed by atoms with E-state index in [1.165, 1.54) is 19.4 Å². The summed E-state index contributed by atoms with van der Waals surface area (Å²) in [6, 6.07) is 3.05. The molecule has 1 N–H and O–H groups in total. The summed E-state index contributed by atoms with van der Waals surface area (Å²) in [5, 5.41) is 2.94. The predicted molar refractivity (Wildman–Crippen MR) is 62.8 cm³/mol. The summed E-state index contributed by atoms with van der Waals surface area (Å²) >= 11 is 5.66. The summed E-state index contributed by atoms with van der Waals surface area (Å²) in [7, 11) is 1.33. The zero-order valence-corrected chi connectivity index (χ0v) is 10.2. The van der Waals surface area contributed by atoms with E-state index in [4.69, 9.17) is 11.6 Å². The first kappa shape index (κ1) is 13.4. The number of aromatic nitrogens is 1. The maximum atomic E-state index is 11.6. The van der Waals surface area contributed by atoms with Crippen LogP contribution in [0.2, 0.25) is 5.15 Å². The Kier molecular flexibility index (Phi) is 5.42. The fourth-order valence-electron chi connectivity index (χ4n) is 1.18. The number of methoxy groups -OCH3 is 1. The maximum Gasteiger partial charge on any atom is 0.305 e. The molecule has 17 heavy (non-hydrogen) atoms. The number of rotatable bonds is 5. The summed E-state index contributed by atoms with van der Waals surface area (Å²) < 4.78 is 4.48. The highest BCUT2D eigenvalue weighted by Crippen LogP contribution is 2.06. The molecule has 1 heterocycles. The molecular formula is C11H13ClN2O3. The first-order chi connectivity index (χ1) is 8.13. The molecule has 0 saturated heterocycles. The van der Waals surface area contributed by atoms with Gasteiger partial charge in [-0.05, 0) is 18.6 Å². The number of amides is 1. The first-order valence-electron chi connectivity index (χ1n) is 5.10. The van der Waals surface area contributed by atoms with Crippen LogP contribution in [-0.4, -0.2) is 30.5 Å². The van der Waals surface area contributed by atoms with Gasteiger partial charge in [0.25, 0.3) is 5.91 Å². The molecule has 1 amide bonds. The molecule has 0 aliphatic carbocycles. The number of nitrogens with zero attached hydrogens (tertiary/aromatic N) is 1. The molecule has 0 aromatic carbocycles. The molecule has 0 atom stereocenters. The number of carbonyl (C=O) groups excluding carboxylic acids is 2. The molecule has 0 saturated carbocycles. The maximum absolute atomic E-state index is 11.6. The van der Waals surface area contributed by atoms with Crippen molar-refractivity contribution in [1.82, 2.24) is 10.3 Å². The van der Waals surface area contributed by atoms with Gasteiger partial charge in [0.1, 0.15) is 5.15 Å². The number of pyridine rings is 1. The Balaban J connectivity index is 2.33. The third-order valence-corrected chi connectivity index (χ3v) is 2.27. The summed E-state index contributed by atoms with van der Waals surface area (Å²) in [6.07, 6.45) is 2.29. The van der Waals surface area contributed by atoms with Crippen LogP contribution in [0.4, 0.5) is 0 Å². The zero-order valence-electron chi connectivity index (χ0n) is 9.40. The third-order valence-electron chi connectivity index (χ3n) is 2.06. The van der Waals surface area contributed by atoms with Crippen LogP contribution in [0.25, 0.3) is 0 Å². The molecule has 92 valence electrons. The average Bonchev–Trinajstić information content (AvgIpc) is 2.34. The first-order valence-corrected chi connectivity index (χ1v) is 5.48. The van der Waals surface area contributed by atoms with Crippen LogP contribution in [0.1, 0.15) is 23.2 Å². The Labute approximate surface area is 104 Å². The number of nitrogens with one attached hydrogen (secondary N) is 1. The lowest BCUT2D eigenvalue weighted by Gasteiger charge is -2.04. The second kappa shape index (κ2) is 6.85. The van der Waals surface area contributed by atoms with Crippen LogP contribution in [0.5, 0.6) is 0 Å². The van der Waals surface area contributed by atoms with Gasteiger partial charge in [-0.15, -0.1) is 0 Å². The minimum Gasteiger partial charge on any atom is -0.469 e. The smallest absolute Gasteiger partial charge is 0.305 e. The molecule has 0 fully saturated rings. The van der Waals surface area contributed by atoms with Crippen molar-refractivity contribution in [1.29, 1.82) is 0 Å². The summed E-state index contributed by atoms with van der Waals surface area (Å²) in [4.78, 5) is 26.2. The van der Waals surface area contributed by atoms with E-state index in [1.54, 1.807) is 6.07 Å². The van der Waals surface area contributed by atoms with E-state index in [2.05, 4.69) is 15.0 Å². The molecule has 0 aliphatic rings. The fraction of sp³-hybridized carbons (Fsp3) is 0.364. The molecule has 0 radical (unpaired) electrons. The van der Waals surface area contributed by atoms with Gasteiger partial charge in [0.05, 0.1) is 7.11 Å². The Morgan fingerprint density at radius 1 is 1.53 bits per heavy atom. The van der Waals surface area contributed by atoms with E-state index in [-0.39, 0.29) is 23.5 Å². The van der Waals surface area contributed by atoms with E-state index < -0.39 is 0 Å². The zero-order chi connectivity index (χ0) is 12.7. The molecule has 1 aromatic heterocycles. The molecular weight excluding hydrogens is 244 g/mol. The molecule has 0 unspecified atom stereocenters. The highest BCUT2D eigenvalue weighted by Gasteiger charge is 2.06. The minimum absolute atomic E-state index is 0.237. The second-order valence-electron chi connectivity index (χ2n) is 3.30. The van der Waals surface area contributed by atoms with Gasteiger partial charge >= 0.3 is 5.97 Å². The Hall–Kier alpha value is -1.62. The van der Waals surface area contributed by atoms with Crippen LogP contribution in [0, 0.1) is 0 Å². The van der Waals surface area contributed by atoms with Crippen molar-refractivity contribution in [3.8, 4) is 0 Å². The summed E-state index contributed by atoms with van der Waals surface area (Å²) in [5.74, 6) is -0.523. The lowest BCUT2D eigenvalue weighted by molar-refractivity contribution is -0.140. The van der Waals surface area contributed by atoms with Crippen LogP contribution in [-0.2, 0) is 9.53 Å². The van der Waals surface area contributed by atoms with Crippen LogP contribution in [0.15, 0.2) is 18.3 Å². The number of ether oxygens (including phenoxy) is 1. The lowest BCUT2D eigenvalue weighted by atomic mass is 10.2. The van der Waals surface area contributed by atoms with Gasteiger partial charge in [-0.1, -0.05) is 11.6 Å². The summed E-state index contributed by atoms with van der Waals surface area (Å²) in [5.41, 5.74) is 0.447. The SMILES string of the molecule is COC(=O)CCCNC(=O)c1ccnc(Cl)c1. The van der Waals surface area contributed by atoms with E-state index in [0.29, 0.717) is 18.5 Å². The fourth-order valence-corrected chi connectivity index (χ4v) is 1.36. The third kappa shape index (κ3) is 4.82. The highest BCUT2D eigenvalue weighted by atomic mass is 35.5. The normalized spacial score (nSPS) is 9.76. The van der Waals surface area contributed by atoms with E-state index >= 15 is 0 Å². The van der Waals surface area contributed by atoms with Gasteiger partial charge in [0, 0.05) is 24.7 Å². The van der Waals surface area contributed by atoms with Gasteiger partial charge in [-0.2, -0.15) is 0 Å². The molecule has 1 aromatic rings. The number of halogens is 1. The molecule has 5 nitrogen and oxygen atoms in total. The van der Waals surface area contributed by atoms with E-state index in [0.717, 1.165) is 0 Å². The predicted octanol–water partition coefficient (Wildman–Crippen LogP) is 1.42. The Morgan fingerprint density at radius 3 is 2.94 bits per heavy atom. The van der Waals surface area contributed by atoms with Crippen LogP contribution >= 0.6 is 11.6 Å². The number of esters is 1. The van der Waals surface area contributed by atoms with Crippen molar-refractivity contribution in [2.75, 3.05) is 13.7 Å². The average molecular weight is 257 g/mol. The van der Waals surface area contributed by atoms with Crippen molar-refractivity contribution >= 4 is 23.5 Å². The monoisotopic (exact) mass is 256 g/mol. The number of carbonyl (C=O) groups is 2. The number of hydrogen-bond acceptors (Lipinski definition) is 4. The van der Waals surface area contributed by atoms with Crippen molar-refractivity contribution in [2.45, 2.75) is 12.8 Å². The molecule has 1 rings (SSSR count). The van der Waals surface area contributed by atoms with Crippen molar-refractivity contribution in [3.05, 3.63) is 29.0 Å². The van der Waals surface area contributed by atoms with Gasteiger partial charge in [0.15, 0.2) is 0 Å². The van der Waals surface area contributed by atoms with Gasteiger partial charge in [-0.3, -0.25) is 9.59 Å². The Morgan fingerprint density at radius 2 is 2.29 bits per heavy atom. The van der Waals surface area contributed by atoms with E-state index in [1.807, 2.05) is 0 Å². The van der Waals surface area contributed by atoms with E-state index in [9.17, 15) is 9.59 Å². The van der Waals surface area contributed by atoms with Crippen molar-refractivity contribution < 1.29 is 14.3 Å². The summed E-state index contributed by atoms with van der Waals surface area (Å²) in [6.45, 7) is 0.411. The topological polar surface area (TPSA) is 68.3 Å². The van der Waals surface area contributed by atoms with Crippen LogP contribution < -0.4 is 5.32 Å². The second-order valence-corrected chi connectivity index (χ2v) is 3.69. The van der Waals surface area contributed by atoms with Crippen LogP contribution in [0.3, 0.4) is 0 Å². The van der Waals surface area contributed by atoms with Gasteiger partial charge < -0.3 is 10.1 Å². The largest absolute Gasteiger partial charge is 0.469 e. The van der Waals surface area contributed by atoms with Gasteiger partial charge in [0.2, 0.25) is 0 Å². The standard InChI is InChI=1S/C11H13ClN2O3/c1-17-10(15)3-2-5-14-11(16)8-4-6-13-9(12)7-8/h4,6-7H,2-3,5H2,1H3,(H,14,16). The quantitative estimate of drug-likeness (QED) is 0.491. The lowest BCUT2D eigenvalue weighted by Crippen LogP contribution is -2.25. The van der Waals surface area contributed by atoms with Gasteiger partial charge in [-0.25, -0.2) is 4.98 Å². The Bertz CT molecular complexity index is 409. The molecule has 6 heteroatoms. The van der Waals surface area contributed by atoms with Crippen molar-refractivity contribution in [3.63, 3.8) is 0 Å². The highest BCUT2D eigenvalue weighted by molar-refractivity contribution is 6.29. The van der Waals surface area contributed by atoms with Crippen molar-refractivity contribution in [2.24, 2.45) is 0 Å². The minimum atomic E-state index is -0.286. The number of hydrogen-bond donors (Lipinski definition) is 1. The molecule has 0 spiro atoms. The molecule has 0 aliphatic heterocycles. The molecule has 0 bridgehead atoms.